The van der Waals surface area contributed by atoms with Crippen molar-refractivity contribution in [3.05, 3.63) is 58.1 Å². The third-order valence-electron chi connectivity index (χ3n) is 3.69. The van der Waals surface area contributed by atoms with E-state index in [0.29, 0.717) is 11.5 Å². The first kappa shape index (κ1) is 18.3. The molecule has 1 amide bonds. The van der Waals surface area contributed by atoms with E-state index in [0.717, 1.165) is 22.0 Å². The van der Waals surface area contributed by atoms with E-state index in [-0.39, 0.29) is 18.6 Å². The van der Waals surface area contributed by atoms with Crippen LogP contribution in [-0.4, -0.2) is 19.6 Å². The molecule has 5 heteroatoms. The second-order valence-electron chi connectivity index (χ2n) is 5.52. The zero-order chi connectivity index (χ0) is 17.5. The van der Waals surface area contributed by atoms with Gasteiger partial charge < -0.3 is 14.8 Å². The minimum atomic E-state index is -0.160. The molecule has 0 aliphatic heterocycles. The first-order valence-electron chi connectivity index (χ1n) is 7.85. The van der Waals surface area contributed by atoms with Crippen LogP contribution in [0.1, 0.15) is 30.5 Å². The van der Waals surface area contributed by atoms with E-state index in [1.54, 1.807) is 7.11 Å². The van der Waals surface area contributed by atoms with Crippen molar-refractivity contribution in [1.82, 2.24) is 5.32 Å². The number of amides is 1. The molecule has 0 aliphatic carbocycles. The maximum Gasteiger partial charge on any atom is 0.258 e. The number of hydrogen-bond donors (Lipinski definition) is 1. The van der Waals surface area contributed by atoms with Crippen LogP contribution in [0.5, 0.6) is 11.5 Å². The lowest BCUT2D eigenvalue weighted by atomic mass is 10.0. The lowest BCUT2D eigenvalue weighted by Crippen LogP contribution is -2.32. The Balaban J connectivity index is 1.96. The summed E-state index contributed by atoms with van der Waals surface area (Å²) < 4.78 is 11.9. The number of halogens is 1. The van der Waals surface area contributed by atoms with Gasteiger partial charge in [0.1, 0.15) is 0 Å². The molecule has 1 atom stereocenters. The molecule has 1 N–H and O–H groups in total. The summed E-state index contributed by atoms with van der Waals surface area (Å²) in [7, 11) is 1.59. The van der Waals surface area contributed by atoms with Gasteiger partial charge in [-0.05, 0) is 48.7 Å². The fourth-order valence-corrected chi connectivity index (χ4v) is 2.65. The summed E-state index contributed by atoms with van der Waals surface area (Å²) in [5, 5.41) is 3.00. The van der Waals surface area contributed by atoms with Crippen molar-refractivity contribution in [2.24, 2.45) is 0 Å². The second kappa shape index (κ2) is 8.73. The minimum absolute atomic E-state index is 0.0332. The first-order valence-corrected chi connectivity index (χ1v) is 8.65. The summed E-state index contributed by atoms with van der Waals surface area (Å²) in [5.74, 6) is 1.03. The number of carbonyl (C=O) groups is 1. The van der Waals surface area contributed by atoms with Crippen LogP contribution in [-0.2, 0) is 4.79 Å². The highest BCUT2D eigenvalue weighted by atomic mass is 79.9. The molecule has 0 heterocycles. The number of ether oxygens (including phenoxy) is 2. The van der Waals surface area contributed by atoms with Gasteiger partial charge in [-0.1, -0.05) is 41.1 Å². The summed E-state index contributed by atoms with van der Waals surface area (Å²) in [6, 6.07) is 13.5. The molecule has 0 saturated carbocycles. The van der Waals surface area contributed by atoms with Crippen LogP contribution in [0.4, 0.5) is 0 Å². The minimum Gasteiger partial charge on any atom is -0.493 e. The highest BCUT2D eigenvalue weighted by Crippen LogP contribution is 2.27. The van der Waals surface area contributed by atoms with E-state index in [4.69, 9.17) is 9.47 Å². The van der Waals surface area contributed by atoms with Crippen molar-refractivity contribution in [3.63, 3.8) is 0 Å². The van der Waals surface area contributed by atoms with Crippen LogP contribution in [0.3, 0.4) is 0 Å². The maximum absolute atomic E-state index is 12.2. The largest absolute Gasteiger partial charge is 0.493 e. The summed E-state index contributed by atoms with van der Waals surface area (Å²) in [6.07, 6.45) is 0.807. The van der Waals surface area contributed by atoms with Crippen LogP contribution in [0.15, 0.2) is 46.9 Å². The Hall–Kier alpha value is -2.01. The van der Waals surface area contributed by atoms with Gasteiger partial charge in [-0.3, -0.25) is 4.79 Å². The van der Waals surface area contributed by atoms with Gasteiger partial charge in [0.2, 0.25) is 0 Å². The molecule has 2 aromatic carbocycles. The van der Waals surface area contributed by atoms with Crippen LogP contribution in [0.2, 0.25) is 0 Å². The van der Waals surface area contributed by atoms with Crippen molar-refractivity contribution in [2.75, 3.05) is 13.7 Å². The highest BCUT2D eigenvalue weighted by molar-refractivity contribution is 9.10. The van der Waals surface area contributed by atoms with Crippen LogP contribution in [0.25, 0.3) is 0 Å². The van der Waals surface area contributed by atoms with Gasteiger partial charge in [-0.25, -0.2) is 0 Å². The molecule has 0 spiro atoms. The number of methoxy groups -OCH3 is 1. The number of rotatable bonds is 7. The van der Waals surface area contributed by atoms with E-state index in [9.17, 15) is 4.79 Å². The van der Waals surface area contributed by atoms with Crippen LogP contribution < -0.4 is 14.8 Å². The Kier molecular flexibility index (Phi) is 6.67. The lowest BCUT2D eigenvalue weighted by Gasteiger charge is -2.18. The van der Waals surface area contributed by atoms with E-state index in [1.165, 1.54) is 0 Å². The molecular formula is C19H22BrNO3. The zero-order valence-corrected chi connectivity index (χ0v) is 15.7. The summed E-state index contributed by atoms with van der Waals surface area (Å²) in [5.41, 5.74) is 2.15. The number of carbonyl (C=O) groups excluding carboxylic acids is 1. The molecule has 0 saturated heterocycles. The first-order chi connectivity index (χ1) is 11.5. The molecular weight excluding hydrogens is 370 g/mol. The standard InChI is InChI=1S/C19H22BrNO3/c1-4-16(14-6-8-15(20)9-7-14)21-19(22)12-24-17-10-5-13(2)11-18(17)23-3/h5-11,16H,4,12H2,1-3H3,(H,21,22). The Morgan fingerprint density at radius 3 is 2.50 bits per heavy atom. The molecule has 1 unspecified atom stereocenters. The van der Waals surface area contributed by atoms with Gasteiger partial charge in [0.25, 0.3) is 5.91 Å². The Morgan fingerprint density at radius 1 is 1.17 bits per heavy atom. The van der Waals surface area contributed by atoms with Gasteiger partial charge in [0, 0.05) is 4.47 Å². The van der Waals surface area contributed by atoms with E-state index < -0.39 is 0 Å². The Morgan fingerprint density at radius 2 is 1.88 bits per heavy atom. The fraction of sp³-hybridized carbons (Fsp3) is 0.316. The quantitative estimate of drug-likeness (QED) is 0.759. The van der Waals surface area contributed by atoms with Crippen molar-refractivity contribution in [2.45, 2.75) is 26.3 Å². The molecule has 0 aromatic heterocycles. The average Bonchev–Trinajstić information content (AvgIpc) is 2.59. The number of hydrogen-bond acceptors (Lipinski definition) is 3. The Bertz CT molecular complexity index is 686. The lowest BCUT2D eigenvalue weighted by molar-refractivity contribution is -0.123. The summed E-state index contributed by atoms with van der Waals surface area (Å²) >= 11 is 3.42. The topological polar surface area (TPSA) is 47.6 Å². The number of nitrogens with one attached hydrogen (secondary N) is 1. The van der Waals surface area contributed by atoms with Crippen molar-refractivity contribution >= 4 is 21.8 Å². The van der Waals surface area contributed by atoms with Crippen molar-refractivity contribution in [1.29, 1.82) is 0 Å². The molecule has 128 valence electrons. The molecule has 0 fully saturated rings. The summed E-state index contributed by atoms with van der Waals surface area (Å²) in [6.45, 7) is 3.96. The number of benzene rings is 2. The van der Waals surface area contributed by atoms with E-state index in [2.05, 4.69) is 21.2 Å². The zero-order valence-electron chi connectivity index (χ0n) is 14.1. The maximum atomic E-state index is 12.2. The van der Waals surface area contributed by atoms with E-state index >= 15 is 0 Å². The second-order valence-corrected chi connectivity index (χ2v) is 6.44. The molecule has 24 heavy (non-hydrogen) atoms. The highest BCUT2D eigenvalue weighted by Gasteiger charge is 2.14. The predicted molar refractivity (Wildman–Crippen MR) is 98.5 cm³/mol. The third kappa shape index (κ3) is 4.99. The molecule has 2 rings (SSSR count). The van der Waals surface area contributed by atoms with Gasteiger partial charge in [-0.15, -0.1) is 0 Å². The molecule has 4 nitrogen and oxygen atoms in total. The van der Waals surface area contributed by atoms with Crippen molar-refractivity contribution in [3.8, 4) is 11.5 Å². The smallest absolute Gasteiger partial charge is 0.258 e. The van der Waals surface area contributed by atoms with Crippen molar-refractivity contribution < 1.29 is 14.3 Å². The average molecular weight is 392 g/mol. The van der Waals surface area contributed by atoms with Gasteiger partial charge in [0.15, 0.2) is 18.1 Å². The van der Waals surface area contributed by atoms with Crippen LogP contribution >= 0.6 is 15.9 Å². The molecule has 0 bridgehead atoms. The third-order valence-corrected chi connectivity index (χ3v) is 4.22. The molecule has 0 radical (unpaired) electrons. The molecule has 0 aliphatic rings. The van der Waals surface area contributed by atoms with E-state index in [1.807, 2.05) is 56.3 Å². The fourth-order valence-electron chi connectivity index (χ4n) is 2.39. The normalized spacial score (nSPS) is 11.7. The summed E-state index contributed by atoms with van der Waals surface area (Å²) in [4.78, 5) is 12.2. The SMILES string of the molecule is CCC(NC(=O)COc1ccc(C)cc1OC)c1ccc(Br)cc1. The van der Waals surface area contributed by atoms with Crippen LogP contribution in [0, 0.1) is 6.92 Å². The Labute approximate surface area is 151 Å². The predicted octanol–water partition coefficient (Wildman–Crippen LogP) is 4.41. The van der Waals surface area contributed by atoms with Gasteiger partial charge in [-0.2, -0.15) is 0 Å². The monoisotopic (exact) mass is 391 g/mol. The van der Waals surface area contributed by atoms with Gasteiger partial charge in [0.05, 0.1) is 13.2 Å². The number of aryl methyl sites for hydroxylation is 1. The molecule has 2 aromatic rings. The van der Waals surface area contributed by atoms with Gasteiger partial charge >= 0.3 is 0 Å².